The van der Waals surface area contributed by atoms with Crippen molar-refractivity contribution in [1.82, 2.24) is 15.2 Å². The maximum Gasteiger partial charge on any atom is 0.221 e. The van der Waals surface area contributed by atoms with Crippen molar-refractivity contribution >= 4 is 17.4 Å². The summed E-state index contributed by atoms with van der Waals surface area (Å²) in [6, 6.07) is 14.3. The molecule has 0 spiro atoms. The van der Waals surface area contributed by atoms with Crippen molar-refractivity contribution in [3.63, 3.8) is 0 Å². The van der Waals surface area contributed by atoms with Crippen molar-refractivity contribution in [1.29, 1.82) is 0 Å². The van der Waals surface area contributed by atoms with Crippen LogP contribution in [0.3, 0.4) is 0 Å². The van der Waals surface area contributed by atoms with E-state index in [0.29, 0.717) is 18.1 Å². The quantitative estimate of drug-likeness (QED) is 0.659. The number of carbonyl (C=O) groups excluding carboxylic acids is 1. The molecule has 29 heavy (non-hydrogen) atoms. The Morgan fingerprint density at radius 2 is 1.90 bits per heavy atom. The molecule has 0 saturated heterocycles. The third-order valence-corrected chi connectivity index (χ3v) is 5.34. The second-order valence-electron chi connectivity index (χ2n) is 7.38. The number of nitrogens with zero attached hydrogens (tertiary/aromatic N) is 3. The molecule has 0 radical (unpaired) electrons. The van der Waals surface area contributed by atoms with E-state index in [2.05, 4.69) is 25.8 Å². The number of hydrogen-bond acceptors (Lipinski definition) is 5. The van der Waals surface area contributed by atoms with E-state index in [1.807, 2.05) is 36.4 Å². The molecule has 1 aromatic carbocycles. The molecule has 1 saturated carbocycles. The normalized spacial score (nSPS) is 14.7. The molecule has 3 aromatic rings. The molecule has 1 amide bonds. The fraction of sp³-hybridized carbons (Fsp3) is 0.273. The Balaban J connectivity index is 1.43. The molecular weight excluding hydrogens is 369 g/mol. The largest absolute Gasteiger partial charge is 0.368 e. The third-order valence-electron chi connectivity index (χ3n) is 5.34. The van der Waals surface area contributed by atoms with Gasteiger partial charge in [0.2, 0.25) is 5.91 Å². The Morgan fingerprint density at radius 1 is 1.10 bits per heavy atom. The summed E-state index contributed by atoms with van der Waals surface area (Å²) >= 11 is 0. The molecule has 148 valence electrons. The van der Waals surface area contributed by atoms with E-state index in [-0.39, 0.29) is 17.1 Å². The van der Waals surface area contributed by atoms with E-state index < -0.39 is 0 Å². The van der Waals surface area contributed by atoms with Gasteiger partial charge in [-0.3, -0.25) is 9.78 Å². The van der Waals surface area contributed by atoms with Gasteiger partial charge >= 0.3 is 0 Å². The van der Waals surface area contributed by atoms with Crippen LogP contribution in [0, 0.1) is 5.82 Å². The Kier molecular flexibility index (Phi) is 5.20. The summed E-state index contributed by atoms with van der Waals surface area (Å²) in [7, 11) is 0. The smallest absolute Gasteiger partial charge is 0.221 e. The minimum Gasteiger partial charge on any atom is -0.368 e. The molecule has 1 aliphatic rings. The van der Waals surface area contributed by atoms with Crippen LogP contribution in [-0.4, -0.2) is 27.6 Å². The lowest BCUT2D eigenvalue weighted by molar-refractivity contribution is -0.114. The van der Waals surface area contributed by atoms with Crippen LogP contribution in [0.4, 0.5) is 15.9 Å². The lowest BCUT2D eigenvalue weighted by atomic mass is 9.66. The van der Waals surface area contributed by atoms with E-state index in [4.69, 9.17) is 0 Å². The molecule has 2 aromatic heterocycles. The average molecular weight is 391 g/mol. The zero-order valence-electron chi connectivity index (χ0n) is 16.2. The Labute approximate surface area is 168 Å². The van der Waals surface area contributed by atoms with Gasteiger partial charge < -0.3 is 10.6 Å². The number of hydrogen-bond donors (Lipinski definition) is 2. The van der Waals surface area contributed by atoms with Gasteiger partial charge in [-0.2, -0.15) is 0 Å². The van der Waals surface area contributed by atoms with Crippen LogP contribution in [0.2, 0.25) is 0 Å². The van der Waals surface area contributed by atoms with E-state index in [1.54, 1.807) is 12.3 Å². The molecule has 7 heteroatoms. The first-order valence-electron chi connectivity index (χ1n) is 9.62. The number of benzene rings is 1. The number of amides is 1. The molecule has 2 heterocycles. The van der Waals surface area contributed by atoms with Crippen LogP contribution in [0.25, 0.3) is 11.3 Å². The van der Waals surface area contributed by atoms with Crippen LogP contribution in [0.15, 0.2) is 54.7 Å². The topological polar surface area (TPSA) is 79.8 Å². The maximum atomic E-state index is 14.2. The first-order valence-corrected chi connectivity index (χ1v) is 9.62. The van der Waals surface area contributed by atoms with Crippen molar-refractivity contribution in [2.75, 3.05) is 17.2 Å². The lowest BCUT2D eigenvalue weighted by Crippen LogP contribution is -2.42. The molecule has 4 rings (SSSR count). The van der Waals surface area contributed by atoms with Gasteiger partial charge in [0.05, 0.1) is 11.4 Å². The highest BCUT2D eigenvalue weighted by Crippen LogP contribution is 2.43. The van der Waals surface area contributed by atoms with E-state index in [9.17, 15) is 9.18 Å². The van der Waals surface area contributed by atoms with Crippen molar-refractivity contribution < 1.29 is 9.18 Å². The zero-order valence-corrected chi connectivity index (χ0v) is 16.2. The van der Waals surface area contributed by atoms with E-state index in [0.717, 1.165) is 36.2 Å². The summed E-state index contributed by atoms with van der Waals surface area (Å²) in [5.74, 6) is 0.284. The second-order valence-corrected chi connectivity index (χ2v) is 7.38. The molecule has 1 fully saturated rings. The van der Waals surface area contributed by atoms with E-state index in [1.165, 1.54) is 13.0 Å². The summed E-state index contributed by atoms with van der Waals surface area (Å²) in [6.45, 7) is 2.04. The summed E-state index contributed by atoms with van der Waals surface area (Å²) in [6.07, 6.45) is 4.52. The Bertz CT molecular complexity index is 1000. The number of nitrogens with one attached hydrogen (secondary N) is 2. The minimum atomic E-state index is -0.286. The molecule has 0 bridgehead atoms. The molecule has 6 nitrogen and oxygen atoms in total. The fourth-order valence-electron chi connectivity index (χ4n) is 3.64. The van der Waals surface area contributed by atoms with Gasteiger partial charge in [-0.15, -0.1) is 10.2 Å². The molecule has 0 unspecified atom stereocenters. The highest BCUT2D eigenvalue weighted by Gasteiger charge is 2.41. The number of pyridine rings is 1. The third kappa shape index (κ3) is 4.08. The monoisotopic (exact) mass is 391 g/mol. The van der Waals surface area contributed by atoms with Gasteiger partial charge in [0.25, 0.3) is 0 Å². The van der Waals surface area contributed by atoms with Gasteiger partial charge in [-0.05, 0) is 49.2 Å². The number of aromatic nitrogens is 3. The maximum absolute atomic E-state index is 14.2. The Hall–Kier alpha value is -3.35. The van der Waals surface area contributed by atoms with Gasteiger partial charge in [0, 0.05) is 36.3 Å². The first kappa shape index (κ1) is 19.0. The first-order chi connectivity index (χ1) is 14.1. The van der Waals surface area contributed by atoms with E-state index >= 15 is 0 Å². The second kappa shape index (κ2) is 7.95. The summed E-state index contributed by atoms with van der Waals surface area (Å²) in [4.78, 5) is 15.4. The number of carbonyl (C=O) groups is 1. The summed E-state index contributed by atoms with van der Waals surface area (Å²) in [5, 5.41) is 14.6. The van der Waals surface area contributed by atoms with Crippen LogP contribution in [0.1, 0.15) is 31.9 Å². The molecule has 0 aliphatic heterocycles. The number of halogens is 1. The van der Waals surface area contributed by atoms with Crippen molar-refractivity contribution in [3.05, 3.63) is 66.2 Å². The van der Waals surface area contributed by atoms with Gasteiger partial charge in [-0.25, -0.2) is 4.39 Å². The zero-order chi connectivity index (χ0) is 20.3. The van der Waals surface area contributed by atoms with Crippen molar-refractivity contribution in [3.8, 4) is 11.3 Å². The highest BCUT2D eigenvalue weighted by atomic mass is 19.1. The lowest BCUT2D eigenvalue weighted by Gasteiger charge is -2.41. The van der Waals surface area contributed by atoms with Crippen LogP contribution >= 0.6 is 0 Å². The average Bonchev–Trinajstić information content (AvgIpc) is 2.69. The fourth-order valence-corrected chi connectivity index (χ4v) is 3.64. The SMILES string of the molecule is CC(=O)Nc1ccc(-c2ccc(NCC3(c4ncccc4F)CCC3)nn2)cc1. The molecular formula is C22H22FN5O. The molecule has 1 aliphatic carbocycles. The standard InChI is InChI=1S/C22H22FN5O/c1-15(29)26-17-7-5-16(6-8-17)19-9-10-20(28-27-19)25-14-22(11-3-12-22)21-18(23)4-2-13-24-21/h2,4-10,13H,3,11-12,14H2,1H3,(H,25,28)(H,26,29). The molecule has 0 atom stereocenters. The summed E-state index contributed by atoms with van der Waals surface area (Å²) in [5.41, 5.74) is 2.62. The Morgan fingerprint density at radius 3 is 2.48 bits per heavy atom. The van der Waals surface area contributed by atoms with Gasteiger partial charge in [0.1, 0.15) is 11.6 Å². The minimum absolute atomic E-state index is 0.109. The number of rotatable bonds is 6. The summed E-state index contributed by atoms with van der Waals surface area (Å²) < 4.78 is 14.2. The predicted molar refractivity (Wildman–Crippen MR) is 110 cm³/mol. The van der Waals surface area contributed by atoms with Crippen molar-refractivity contribution in [2.45, 2.75) is 31.6 Å². The van der Waals surface area contributed by atoms with Crippen LogP contribution < -0.4 is 10.6 Å². The van der Waals surface area contributed by atoms with Crippen LogP contribution in [0.5, 0.6) is 0 Å². The van der Waals surface area contributed by atoms with Gasteiger partial charge in [0.15, 0.2) is 0 Å². The molecule has 2 N–H and O–H groups in total. The number of anilines is 2. The predicted octanol–water partition coefficient (Wildman–Crippen LogP) is 4.17. The van der Waals surface area contributed by atoms with Crippen molar-refractivity contribution in [2.24, 2.45) is 0 Å². The van der Waals surface area contributed by atoms with Gasteiger partial charge in [-0.1, -0.05) is 18.6 Å². The highest BCUT2D eigenvalue weighted by molar-refractivity contribution is 5.88. The van der Waals surface area contributed by atoms with Crippen LogP contribution in [-0.2, 0) is 10.2 Å².